The highest BCUT2D eigenvalue weighted by molar-refractivity contribution is 6.32. The number of hydrogen-bond acceptors (Lipinski definition) is 4. The summed E-state index contributed by atoms with van der Waals surface area (Å²) in [6.45, 7) is 1.58. The maximum Gasteiger partial charge on any atom is 0.254 e. The van der Waals surface area contributed by atoms with Crippen molar-refractivity contribution in [3.63, 3.8) is 0 Å². The molecule has 0 spiro atoms. The van der Waals surface area contributed by atoms with Gasteiger partial charge in [-0.05, 0) is 29.8 Å². The first-order chi connectivity index (χ1) is 12.1. The van der Waals surface area contributed by atoms with E-state index in [4.69, 9.17) is 25.8 Å². The number of carbonyl (C=O) groups is 1. The molecule has 132 valence electrons. The zero-order chi connectivity index (χ0) is 17.8. The summed E-state index contributed by atoms with van der Waals surface area (Å²) in [7, 11) is 3.38. The molecule has 1 amide bonds. The second-order valence-electron chi connectivity index (χ2n) is 5.85. The molecule has 25 heavy (non-hydrogen) atoms. The molecule has 1 heterocycles. The molecule has 0 N–H and O–H groups in total. The van der Waals surface area contributed by atoms with Gasteiger partial charge in [0.1, 0.15) is 5.75 Å². The Balaban J connectivity index is 1.77. The van der Waals surface area contributed by atoms with E-state index in [1.807, 2.05) is 24.3 Å². The second kappa shape index (κ2) is 7.66. The fourth-order valence-electron chi connectivity index (χ4n) is 2.65. The number of fused-ring (bicyclic) bond motifs is 1. The van der Waals surface area contributed by atoms with E-state index in [0.29, 0.717) is 41.8 Å². The second-order valence-corrected chi connectivity index (χ2v) is 6.25. The summed E-state index contributed by atoms with van der Waals surface area (Å²) in [4.78, 5) is 14.4. The summed E-state index contributed by atoms with van der Waals surface area (Å²) in [5.74, 6) is 1.68. The molecule has 1 aliphatic rings. The molecule has 2 aromatic carbocycles. The van der Waals surface area contributed by atoms with Gasteiger partial charge in [-0.15, -0.1) is 0 Å². The lowest BCUT2D eigenvalue weighted by Gasteiger charge is -2.19. The van der Waals surface area contributed by atoms with Crippen LogP contribution in [0.25, 0.3) is 0 Å². The zero-order valence-corrected chi connectivity index (χ0v) is 15.0. The minimum absolute atomic E-state index is 0.131. The fraction of sp³-hybridized carbons (Fsp3) is 0.316. The summed E-state index contributed by atoms with van der Waals surface area (Å²) in [5.41, 5.74) is 1.49. The predicted molar refractivity (Wildman–Crippen MR) is 95.9 cm³/mol. The van der Waals surface area contributed by atoms with E-state index in [0.717, 1.165) is 17.7 Å². The van der Waals surface area contributed by atoms with Crippen molar-refractivity contribution in [1.29, 1.82) is 0 Å². The number of nitrogens with zero attached hydrogens (tertiary/aromatic N) is 1. The lowest BCUT2D eigenvalue weighted by Crippen LogP contribution is -2.26. The molecule has 0 saturated heterocycles. The van der Waals surface area contributed by atoms with E-state index >= 15 is 0 Å². The van der Waals surface area contributed by atoms with Crippen LogP contribution in [0.5, 0.6) is 17.2 Å². The monoisotopic (exact) mass is 361 g/mol. The van der Waals surface area contributed by atoms with Gasteiger partial charge in [-0.1, -0.05) is 23.7 Å². The van der Waals surface area contributed by atoms with Gasteiger partial charge in [0, 0.05) is 25.6 Å². The van der Waals surface area contributed by atoms with Gasteiger partial charge in [-0.2, -0.15) is 0 Å². The summed E-state index contributed by atoms with van der Waals surface area (Å²) >= 11 is 6.27. The third-order valence-electron chi connectivity index (χ3n) is 3.97. The molecule has 5 nitrogen and oxygen atoms in total. The number of rotatable bonds is 4. The van der Waals surface area contributed by atoms with E-state index in [1.165, 1.54) is 0 Å². The summed E-state index contributed by atoms with van der Waals surface area (Å²) in [6.07, 6.45) is 0.783. The number of ether oxygens (including phenoxy) is 3. The molecule has 0 radical (unpaired) electrons. The van der Waals surface area contributed by atoms with Gasteiger partial charge in [0.25, 0.3) is 5.91 Å². The van der Waals surface area contributed by atoms with Crippen LogP contribution in [0.3, 0.4) is 0 Å². The average molecular weight is 362 g/mol. The standard InChI is InChI=1S/C19H20ClNO4/c1-21(12-13-4-6-15(23-2)7-5-13)19(22)14-10-16(20)18-17(11-14)24-8-3-9-25-18/h4-7,10-11H,3,8-9,12H2,1-2H3. The van der Waals surface area contributed by atoms with Crippen molar-refractivity contribution in [2.45, 2.75) is 13.0 Å². The van der Waals surface area contributed by atoms with Crippen molar-refractivity contribution in [2.75, 3.05) is 27.4 Å². The molecule has 0 fully saturated rings. The highest BCUT2D eigenvalue weighted by Crippen LogP contribution is 2.38. The Morgan fingerprint density at radius 3 is 2.64 bits per heavy atom. The molecule has 1 aliphatic heterocycles. The van der Waals surface area contributed by atoms with E-state index in [2.05, 4.69) is 0 Å². The van der Waals surface area contributed by atoms with Crippen molar-refractivity contribution in [1.82, 2.24) is 4.90 Å². The van der Waals surface area contributed by atoms with E-state index in [1.54, 1.807) is 31.2 Å². The molecule has 0 unspecified atom stereocenters. The van der Waals surface area contributed by atoms with Gasteiger partial charge in [0.05, 0.1) is 25.3 Å². The third kappa shape index (κ3) is 3.99. The topological polar surface area (TPSA) is 48.0 Å². The molecule has 0 aromatic heterocycles. The van der Waals surface area contributed by atoms with Crippen LogP contribution >= 0.6 is 11.6 Å². The van der Waals surface area contributed by atoms with Crippen molar-refractivity contribution in [2.24, 2.45) is 0 Å². The van der Waals surface area contributed by atoms with Crippen LogP contribution in [-0.2, 0) is 6.54 Å². The van der Waals surface area contributed by atoms with Gasteiger partial charge in [-0.3, -0.25) is 4.79 Å². The first kappa shape index (κ1) is 17.4. The molecule has 0 aliphatic carbocycles. The number of amides is 1. The number of carbonyl (C=O) groups excluding carboxylic acids is 1. The van der Waals surface area contributed by atoms with Crippen molar-refractivity contribution in [3.8, 4) is 17.2 Å². The lowest BCUT2D eigenvalue weighted by molar-refractivity contribution is 0.0784. The maximum absolute atomic E-state index is 12.7. The van der Waals surface area contributed by atoms with E-state index < -0.39 is 0 Å². The number of methoxy groups -OCH3 is 1. The predicted octanol–water partition coefficient (Wildman–Crippen LogP) is 3.78. The Kier molecular flexibility index (Phi) is 5.34. The van der Waals surface area contributed by atoms with Crippen molar-refractivity contribution < 1.29 is 19.0 Å². The van der Waals surface area contributed by atoms with Crippen LogP contribution in [0.4, 0.5) is 0 Å². The maximum atomic E-state index is 12.7. The van der Waals surface area contributed by atoms with Crippen LogP contribution < -0.4 is 14.2 Å². The molecule has 0 atom stereocenters. The average Bonchev–Trinajstić information content (AvgIpc) is 2.87. The molecule has 2 aromatic rings. The summed E-state index contributed by atoms with van der Waals surface area (Å²) in [5, 5.41) is 0.389. The van der Waals surface area contributed by atoms with Gasteiger partial charge in [0.2, 0.25) is 0 Å². The first-order valence-corrected chi connectivity index (χ1v) is 8.44. The molecule has 0 saturated carbocycles. The Labute approximate surface area is 152 Å². The minimum atomic E-state index is -0.131. The normalized spacial score (nSPS) is 13.1. The van der Waals surface area contributed by atoms with Crippen molar-refractivity contribution in [3.05, 3.63) is 52.5 Å². The van der Waals surface area contributed by atoms with Gasteiger partial charge in [-0.25, -0.2) is 0 Å². The Morgan fingerprint density at radius 1 is 1.20 bits per heavy atom. The lowest BCUT2D eigenvalue weighted by atomic mass is 10.1. The van der Waals surface area contributed by atoms with Crippen LogP contribution in [0.2, 0.25) is 5.02 Å². The minimum Gasteiger partial charge on any atom is -0.497 e. The van der Waals surface area contributed by atoms with E-state index in [-0.39, 0.29) is 5.91 Å². The molecular formula is C19H20ClNO4. The largest absolute Gasteiger partial charge is 0.497 e. The van der Waals surface area contributed by atoms with Crippen molar-refractivity contribution >= 4 is 17.5 Å². The Morgan fingerprint density at radius 2 is 1.92 bits per heavy atom. The van der Waals surface area contributed by atoms with Gasteiger partial charge < -0.3 is 19.1 Å². The molecule has 3 rings (SSSR count). The van der Waals surface area contributed by atoms with Crippen LogP contribution in [0.15, 0.2) is 36.4 Å². The summed E-state index contributed by atoms with van der Waals surface area (Å²) in [6, 6.07) is 10.9. The fourth-order valence-corrected chi connectivity index (χ4v) is 2.92. The quantitative estimate of drug-likeness (QED) is 0.831. The Hall–Kier alpha value is -2.40. The molecular weight excluding hydrogens is 342 g/mol. The smallest absolute Gasteiger partial charge is 0.254 e. The highest BCUT2D eigenvalue weighted by atomic mass is 35.5. The number of benzene rings is 2. The van der Waals surface area contributed by atoms with Gasteiger partial charge in [0.15, 0.2) is 11.5 Å². The van der Waals surface area contributed by atoms with Crippen LogP contribution in [0.1, 0.15) is 22.3 Å². The highest BCUT2D eigenvalue weighted by Gasteiger charge is 2.20. The summed E-state index contributed by atoms with van der Waals surface area (Å²) < 4.78 is 16.4. The first-order valence-electron chi connectivity index (χ1n) is 8.06. The molecule has 0 bridgehead atoms. The Bertz CT molecular complexity index is 761. The number of halogens is 1. The van der Waals surface area contributed by atoms with Crippen LogP contribution in [0, 0.1) is 0 Å². The molecule has 6 heteroatoms. The SMILES string of the molecule is COc1ccc(CN(C)C(=O)c2cc(Cl)c3c(c2)OCCCO3)cc1. The number of hydrogen-bond donors (Lipinski definition) is 0. The van der Waals surface area contributed by atoms with Gasteiger partial charge >= 0.3 is 0 Å². The van der Waals surface area contributed by atoms with Crippen LogP contribution in [-0.4, -0.2) is 38.2 Å². The van der Waals surface area contributed by atoms with E-state index in [9.17, 15) is 4.79 Å². The zero-order valence-electron chi connectivity index (χ0n) is 14.3. The third-order valence-corrected chi connectivity index (χ3v) is 4.26.